The van der Waals surface area contributed by atoms with Gasteiger partial charge in [-0.05, 0) is 27.7 Å². The minimum absolute atomic E-state index is 0.253. The van der Waals surface area contributed by atoms with E-state index in [0.717, 1.165) is 0 Å². The summed E-state index contributed by atoms with van der Waals surface area (Å²) in [6.45, 7) is 7.11. The molecule has 0 aromatic carbocycles. The number of imidazole rings is 2. The molecule has 0 bridgehead atoms. The van der Waals surface area contributed by atoms with Crippen LogP contribution in [0.3, 0.4) is 0 Å². The zero-order valence-corrected chi connectivity index (χ0v) is 15.1. The normalized spacial score (nSPS) is 14.2. The second kappa shape index (κ2) is 8.01. The summed E-state index contributed by atoms with van der Waals surface area (Å²) in [4.78, 5) is 20.3. The van der Waals surface area contributed by atoms with Crippen LogP contribution >= 0.6 is 0 Å². The highest BCUT2D eigenvalue weighted by molar-refractivity contribution is 5.90. The van der Waals surface area contributed by atoms with E-state index in [4.69, 9.17) is 0 Å². The standard InChI is InChI=1S/C17H22F4N4O/c1-5-24-11(7-22-16(24)14(18)19)9(3)13(26)10(4)12-8-23-17(15(20)21)25(12)6-2/h7-10,14-15H,5-6H2,1-4H3. The van der Waals surface area contributed by atoms with Crippen LogP contribution < -0.4 is 0 Å². The fraction of sp³-hybridized carbons (Fsp3) is 0.588. The maximum absolute atomic E-state index is 13.0. The molecule has 0 aliphatic carbocycles. The van der Waals surface area contributed by atoms with Crippen molar-refractivity contribution in [2.45, 2.75) is 65.5 Å². The van der Waals surface area contributed by atoms with Crippen LogP contribution in [0, 0.1) is 0 Å². The van der Waals surface area contributed by atoms with Crippen molar-refractivity contribution in [3.8, 4) is 0 Å². The number of carbonyl (C=O) groups excluding carboxylic acids is 1. The van der Waals surface area contributed by atoms with E-state index in [2.05, 4.69) is 9.97 Å². The Kier molecular flexibility index (Phi) is 6.20. The van der Waals surface area contributed by atoms with Crippen molar-refractivity contribution in [1.29, 1.82) is 0 Å². The third-order valence-corrected chi connectivity index (χ3v) is 4.60. The molecule has 2 atom stereocenters. The molecule has 2 aromatic rings. The summed E-state index contributed by atoms with van der Waals surface area (Å²) >= 11 is 0. The minimum Gasteiger partial charge on any atom is -0.327 e. The van der Waals surface area contributed by atoms with Gasteiger partial charge in [0.2, 0.25) is 0 Å². The molecule has 0 radical (unpaired) electrons. The molecule has 9 heteroatoms. The number of rotatable bonds is 8. The Morgan fingerprint density at radius 1 is 0.885 bits per heavy atom. The van der Waals surface area contributed by atoms with E-state index in [9.17, 15) is 22.4 Å². The van der Waals surface area contributed by atoms with Gasteiger partial charge < -0.3 is 9.13 Å². The molecule has 0 amide bonds. The van der Waals surface area contributed by atoms with Gasteiger partial charge in [0, 0.05) is 36.9 Å². The maximum Gasteiger partial charge on any atom is 0.295 e. The molecule has 0 fully saturated rings. The van der Waals surface area contributed by atoms with Crippen LogP contribution in [0.5, 0.6) is 0 Å². The number of hydrogen-bond donors (Lipinski definition) is 0. The summed E-state index contributed by atoms with van der Waals surface area (Å²) in [5.74, 6) is -2.45. The lowest BCUT2D eigenvalue weighted by Gasteiger charge is -2.19. The van der Waals surface area contributed by atoms with Crippen molar-refractivity contribution in [3.05, 3.63) is 35.4 Å². The Bertz CT molecular complexity index is 707. The number of ketones is 1. The number of halogens is 4. The fourth-order valence-corrected chi connectivity index (χ4v) is 3.20. The molecule has 0 aliphatic heterocycles. The molecule has 2 aromatic heterocycles. The predicted octanol–water partition coefficient (Wildman–Crippen LogP) is 4.47. The molecule has 2 heterocycles. The van der Waals surface area contributed by atoms with E-state index in [-0.39, 0.29) is 30.5 Å². The van der Waals surface area contributed by atoms with Crippen LogP contribution in [-0.2, 0) is 17.9 Å². The Morgan fingerprint density at radius 2 is 1.23 bits per heavy atom. The van der Waals surface area contributed by atoms with Crippen LogP contribution in [-0.4, -0.2) is 24.9 Å². The third kappa shape index (κ3) is 3.52. The van der Waals surface area contributed by atoms with Gasteiger partial charge >= 0.3 is 0 Å². The highest BCUT2D eigenvalue weighted by Crippen LogP contribution is 2.30. The molecule has 0 saturated carbocycles. The second-order valence-corrected chi connectivity index (χ2v) is 6.02. The van der Waals surface area contributed by atoms with Gasteiger partial charge in [0.25, 0.3) is 12.9 Å². The van der Waals surface area contributed by atoms with Gasteiger partial charge in [-0.15, -0.1) is 0 Å². The van der Waals surface area contributed by atoms with Crippen molar-refractivity contribution in [1.82, 2.24) is 19.1 Å². The average molecular weight is 374 g/mol. The van der Waals surface area contributed by atoms with E-state index in [1.807, 2.05) is 0 Å². The average Bonchev–Trinajstić information content (AvgIpc) is 3.23. The Hall–Kier alpha value is -2.19. The van der Waals surface area contributed by atoms with E-state index < -0.39 is 24.7 Å². The third-order valence-electron chi connectivity index (χ3n) is 4.60. The van der Waals surface area contributed by atoms with Gasteiger partial charge in [0.05, 0.1) is 11.8 Å². The Labute approximate surface area is 149 Å². The Morgan fingerprint density at radius 3 is 1.50 bits per heavy atom. The summed E-state index contributed by atoms with van der Waals surface area (Å²) in [7, 11) is 0. The molecule has 26 heavy (non-hydrogen) atoms. The van der Waals surface area contributed by atoms with Crippen molar-refractivity contribution >= 4 is 5.78 Å². The first-order chi connectivity index (χ1) is 12.2. The van der Waals surface area contributed by atoms with Gasteiger partial charge in [-0.3, -0.25) is 4.79 Å². The van der Waals surface area contributed by atoms with Crippen molar-refractivity contribution in [2.75, 3.05) is 0 Å². The van der Waals surface area contributed by atoms with Crippen LogP contribution in [0.4, 0.5) is 17.6 Å². The molecular weight excluding hydrogens is 352 g/mol. The first kappa shape index (κ1) is 20.1. The zero-order valence-electron chi connectivity index (χ0n) is 15.1. The first-order valence-corrected chi connectivity index (χ1v) is 8.45. The predicted molar refractivity (Wildman–Crippen MR) is 87.6 cm³/mol. The molecule has 5 nitrogen and oxygen atoms in total. The van der Waals surface area contributed by atoms with E-state index in [1.54, 1.807) is 27.7 Å². The van der Waals surface area contributed by atoms with Crippen LogP contribution in [0.15, 0.2) is 12.4 Å². The van der Waals surface area contributed by atoms with Gasteiger partial charge in [-0.2, -0.15) is 0 Å². The first-order valence-electron chi connectivity index (χ1n) is 8.45. The van der Waals surface area contributed by atoms with Gasteiger partial charge in [0.1, 0.15) is 5.78 Å². The van der Waals surface area contributed by atoms with Crippen molar-refractivity contribution < 1.29 is 22.4 Å². The molecule has 0 aliphatic rings. The van der Waals surface area contributed by atoms with Gasteiger partial charge in [0.15, 0.2) is 11.6 Å². The van der Waals surface area contributed by atoms with Crippen molar-refractivity contribution in [2.24, 2.45) is 0 Å². The van der Waals surface area contributed by atoms with Crippen molar-refractivity contribution in [3.63, 3.8) is 0 Å². The highest BCUT2D eigenvalue weighted by Gasteiger charge is 2.30. The van der Waals surface area contributed by atoms with E-state index >= 15 is 0 Å². The summed E-state index contributed by atoms with van der Waals surface area (Å²) in [5, 5.41) is 0. The smallest absolute Gasteiger partial charge is 0.295 e. The van der Waals surface area contributed by atoms with Crippen LogP contribution in [0.2, 0.25) is 0 Å². The Balaban J connectivity index is 2.34. The zero-order chi connectivity index (χ0) is 19.6. The summed E-state index contributed by atoms with van der Waals surface area (Å²) < 4.78 is 54.8. The lowest BCUT2D eigenvalue weighted by atomic mass is 9.91. The number of nitrogens with zero attached hydrogens (tertiary/aromatic N) is 4. The quantitative estimate of drug-likeness (QED) is 0.641. The minimum atomic E-state index is -2.74. The number of Topliss-reactive ketones (excluding diaryl/α,β-unsaturated/α-hetero) is 1. The summed E-state index contributed by atoms with van der Waals surface area (Å²) in [6.07, 6.45) is -2.92. The molecular formula is C17H22F4N4O. The van der Waals surface area contributed by atoms with Gasteiger partial charge in [-0.1, -0.05) is 0 Å². The monoisotopic (exact) mass is 374 g/mol. The van der Waals surface area contributed by atoms with Crippen LogP contribution in [0.25, 0.3) is 0 Å². The number of carbonyl (C=O) groups is 1. The fourth-order valence-electron chi connectivity index (χ4n) is 3.20. The molecule has 0 N–H and O–H groups in total. The largest absolute Gasteiger partial charge is 0.327 e. The second-order valence-electron chi connectivity index (χ2n) is 6.02. The maximum atomic E-state index is 13.0. The van der Waals surface area contributed by atoms with E-state index in [1.165, 1.54) is 21.5 Å². The topological polar surface area (TPSA) is 52.7 Å². The SMILES string of the molecule is CCn1c(C(C)C(=O)C(C)c2cnc(C(F)F)n2CC)cnc1C(F)F. The highest BCUT2D eigenvalue weighted by atomic mass is 19.3. The molecule has 2 unspecified atom stereocenters. The van der Waals surface area contributed by atoms with Gasteiger partial charge in [-0.25, -0.2) is 27.5 Å². The lowest BCUT2D eigenvalue weighted by molar-refractivity contribution is -0.121. The summed E-state index contributed by atoms with van der Waals surface area (Å²) in [6, 6.07) is 0. The number of alkyl halides is 4. The molecule has 144 valence electrons. The lowest BCUT2D eigenvalue weighted by Crippen LogP contribution is -2.22. The molecule has 2 rings (SSSR count). The van der Waals surface area contributed by atoms with E-state index in [0.29, 0.717) is 11.4 Å². The van der Waals surface area contributed by atoms with Crippen LogP contribution in [0.1, 0.15) is 75.4 Å². The number of hydrogen-bond acceptors (Lipinski definition) is 3. The molecule has 0 spiro atoms. The summed E-state index contributed by atoms with van der Waals surface area (Å²) in [5.41, 5.74) is 0.771. The number of aromatic nitrogens is 4. The molecule has 0 saturated heterocycles.